The van der Waals surface area contributed by atoms with Crippen molar-refractivity contribution in [2.75, 3.05) is 6.61 Å². The fourth-order valence-electron chi connectivity index (χ4n) is 2.44. The van der Waals surface area contributed by atoms with E-state index in [9.17, 15) is 24.8 Å². The van der Waals surface area contributed by atoms with E-state index in [1.807, 2.05) is 4.98 Å². The Bertz CT molecular complexity index is 851. The highest BCUT2D eigenvalue weighted by atomic mass is 16.6. The quantitative estimate of drug-likeness (QED) is 0.370. The maximum Gasteiger partial charge on any atom is 0.439 e. The van der Waals surface area contributed by atoms with Crippen molar-refractivity contribution in [2.24, 2.45) is 0 Å². The highest BCUT2D eigenvalue weighted by Crippen LogP contribution is 2.33. The molecule has 3 atom stereocenters. The molecule has 3 rings (SSSR count). The summed E-state index contributed by atoms with van der Waals surface area (Å²) in [6.45, 7) is -0.477. The van der Waals surface area contributed by atoms with Crippen LogP contribution in [0.5, 0.6) is 0 Å². The van der Waals surface area contributed by atoms with Gasteiger partial charge in [-0.05, 0) is 4.92 Å². The van der Waals surface area contributed by atoms with Gasteiger partial charge in [0, 0.05) is 6.42 Å². The SMILES string of the molecule is O=c1[nH]c(=O)c2nc([N+](=O)[O-])n([C@H]3C[C@H](O)[C@@H](CO)O3)c2[nH]1. The third kappa shape index (κ3) is 2.09. The first-order valence-corrected chi connectivity index (χ1v) is 6.25. The lowest BCUT2D eigenvalue weighted by atomic mass is 10.2. The Morgan fingerprint density at radius 2 is 2.18 bits per heavy atom. The molecule has 4 N–H and O–H groups in total. The number of aliphatic hydroxyl groups is 2. The highest BCUT2D eigenvalue weighted by molar-refractivity contribution is 5.71. The molecule has 0 aliphatic carbocycles. The van der Waals surface area contributed by atoms with Gasteiger partial charge in [-0.15, -0.1) is 0 Å². The molecule has 0 aromatic carbocycles. The highest BCUT2D eigenvalue weighted by Gasteiger charge is 2.41. The predicted molar refractivity (Wildman–Crippen MR) is 69.2 cm³/mol. The van der Waals surface area contributed by atoms with Crippen LogP contribution >= 0.6 is 0 Å². The Morgan fingerprint density at radius 3 is 2.77 bits per heavy atom. The number of ether oxygens (including phenoxy) is 1. The number of nitrogens with zero attached hydrogens (tertiary/aromatic N) is 3. The molecule has 0 bridgehead atoms. The number of nitrogens with one attached hydrogen (secondary N) is 2. The van der Waals surface area contributed by atoms with E-state index in [1.54, 1.807) is 0 Å². The van der Waals surface area contributed by atoms with Crippen LogP contribution in [-0.4, -0.2) is 53.5 Å². The summed E-state index contributed by atoms with van der Waals surface area (Å²) in [6.07, 6.45) is -3.07. The summed E-state index contributed by atoms with van der Waals surface area (Å²) in [4.78, 5) is 41.1. The number of H-pyrrole nitrogens is 2. The van der Waals surface area contributed by atoms with Gasteiger partial charge in [-0.25, -0.2) is 4.79 Å². The Labute approximate surface area is 120 Å². The zero-order chi connectivity index (χ0) is 16.0. The summed E-state index contributed by atoms with van der Waals surface area (Å²) in [5, 5.41) is 29.9. The Hall–Kier alpha value is -2.57. The number of hydrogen-bond acceptors (Lipinski definition) is 8. The summed E-state index contributed by atoms with van der Waals surface area (Å²) in [5.74, 6) is -0.710. The van der Waals surface area contributed by atoms with E-state index < -0.39 is 47.2 Å². The van der Waals surface area contributed by atoms with Gasteiger partial charge in [0.15, 0.2) is 6.23 Å². The van der Waals surface area contributed by atoms with E-state index in [0.717, 1.165) is 4.57 Å². The summed E-state index contributed by atoms with van der Waals surface area (Å²) in [6, 6.07) is 0. The third-order valence-electron chi connectivity index (χ3n) is 3.40. The van der Waals surface area contributed by atoms with Gasteiger partial charge in [-0.1, -0.05) is 4.98 Å². The molecule has 0 radical (unpaired) electrons. The molecule has 1 aliphatic rings. The molecule has 2 aromatic rings. The van der Waals surface area contributed by atoms with Gasteiger partial charge in [-0.2, -0.15) is 4.57 Å². The van der Waals surface area contributed by atoms with Crippen LogP contribution in [-0.2, 0) is 4.74 Å². The van der Waals surface area contributed by atoms with Gasteiger partial charge in [0.05, 0.1) is 12.7 Å². The van der Waals surface area contributed by atoms with Gasteiger partial charge < -0.3 is 25.1 Å². The zero-order valence-corrected chi connectivity index (χ0v) is 10.9. The second-order valence-electron chi connectivity index (χ2n) is 4.76. The molecule has 0 amide bonds. The normalized spacial score (nSPS) is 24.9. The minimum absolute atomic E-state index is 0.0631. The van der Waals surface area contributed by atoms with Crippen LogP contribution in [0.1, 0.15) is 12.6 Å². The van der Waals surface area contributed by atoms with E-state index >= 15 is 0 Å². The topological polar surface area (TPSA) is 176 Å². The number of aromatic amines is 2. The van der Waals surface area contributed by atoms with E-state index in [0.29, 0.717) is 0 Å². The van der Waals surface area contributed by atoms with Crippen molar-refractivity contribution in [3.05, 3.63) is 31.0 Å². The summed E-state index contributed by atoms with van der Waals surface area (Å²) in [7, 11) is 0. The molecule has 0 unspecified atom stereocenters. The number of aromatic nitrogens is 4. The molecule has 22 heavy (non-hydrogen) atoms. The number of nitro groups is 1. The van der Waals surface area contributed by atoms with Crippen molar-refractivity contribution in [3.63, 3.8) is 0 Å². The van der Waals surface area contributed by atoms with Gasteiger partial charge in [0.25, 0.3) is 11.1 Å². The number of fused-ring (bicyclic) bond motifs is 1. The molecule has 12 heteroatoms. The molecule has 1 fully saturated rings. The monoisotopic (exact) mass is 313 g/mol. The first-order valence-electron chi connectivity index (χ1n) is 6.25. The predicted octanol–water partition coefficient (Wildman–Crippen LogP) is -2.04. The standard InChI is InChI=1S/C10H11N5O7/c16-2-4-3(17)1-5(22-4)14-7-6(11-10(14)15(20)21)8(18)13-9(19)12-7/h3-5,16-17H,1-2H2,(H2,12,13,18,19)/t3-,4+,5+/m0/s1. The van der Waals surface area contributed by atoms with Crippen LogP contribution in [0.3, 0.4) is 0 Å². The lowest BCUT2D eigenvalue weighted by Crippen LogP contribution is -2.24. The average molecular weight is 313 g/mol. The van der Waals surface area contributed by atoms with Crippen LogP contribution in [0.2, 0.25) is 0 Å². The first-order chi connectivity index (χ1) is 10.4. The Balaban J connectivity index is 2.23. The van der Waals surface area contributed by atoms with Gasteiger partial charge in [0.1, 0.15) is 6.10 Å². The summed E-state index contributed by atoms with van der Waals surface area (Å²) >= 11 is 0. The number of rotatable bonds is 3. The Morgan fingerprint density at radius 1 is 1.45 bits per heavy atom. The van der Waals surface area contributed by atoms with E-state index in [4.69, 9.17) is 9.84 Å². The van der Waals surface area contributed by atoms with Crippen LogP contribution < -0.4 is 11.2 Å². The molecule has 3 heterocycles. The van der Waals surface area contributed by atoms with Crippen LogP contribution in [0, 0.1) is 10.1 Å². The molecule has 1 saturated heterocycles. The molecule has 1 aliphatic heterocycles. The first kappa shape index (κ1) is 14.4. The maximum absolute atomic E-state index is 11.7. The second kappa shape index (κ2) is 5.01. The molecular weight excluding hydrogens is 302 g/mol. The number of imidazole rings is 1. The van der Waals surface area contributed by atoms with Crippen LogP contribution in [0.15, 0.2) is 9.59 Å². The number of aliphatic hydroxyl groups excluding tert-OH is 2. The fraction of sp³-hybridized carbons (Fsp3) is 0.500. The third-order valence-corrected chi connectivity index (χ3v) is 3.40. The van der Waals surface area contributed by atoms with Gasteiger partial charge in [-0.3, -0.25) is 14.8 Å². The van der Waals surface area contributed by atoms with Crippen molar-refractivity contribution in [2.45, 2.75) is 24.9 Å². The fourth-order valence-corrected chi connectivity index (χ4v) is 2.44. The average Bonchev–Trinajstić information content (AvgIpc) is 2.99. The molecule has 12 nitrogen and oxygen atoms in total. The van der Waals surface area contributed by atoms with E-state index in [2.05, 4.69) is 9.97 Å². The molecule has 2 aromatic heterocycles. The minimum Gasteiger partial charge on any atom is -0.394 e. The summed E-state index contributed by atoms with van der Waals surface area (Å²) < 4.78 is 6.25. The largest absolute Gasteiger partial charge is 0.439 e. The molecule has 118 valence electrons. The smallest absolute Gasteiger partial charge is 0.394 e. The molecule has 0 saturated carbocycles. The van der Waals surface area contributed by atoms with Crippen molar-refractivity contribution in [1.82, 2.24) is 19.5 Å². The Kier molecular flexibility index (Phi) is 3.27. The van der Waals surface area contributed by atoms with Crippen molar-refractivity contribution in [3.8, 4) is 0 Å². The number of hydrogen-bond donors (Lipinski definition) is 4. The van der Waals surface area contributed by atoms with Crippen LogP contribution in [0.4, 0.5) is 5.95 Å². The van der Waals surface area contributed by atoms with E-state index in [1.165, 1.54) is 0 Å². The molecule has 0 spiro atoms. The minimum atomic E-state index is -1.05. The molecular formula is C10H11N5O7. The lowest BCUT2D eigenvalue weighted by Gasteiger charge is -2.11. The van der Waals surface area contributed by atoms with Crippen molar-refractivity contribution < 1.29 is 19.9 Å². The second-order valence-corrected chi connectivity index (χ2v) is 4.76. The summed E-state index contributed by atoms with van der Waals surface area (Å²) in [5.41, 5.74) is -2.24. The van der Waals surface area contributed by atoms with E-state index in [-0.39, 0.29) is 17.6 Å². The van der Waals surface area contributed by atoms with Crippen molar-refractivity contribution in [1.29, 1.82) is 0 Å². The van der Waals surface area contributed by atoms with Gasteiger partial charge >= 0.3 is 11.6 Å². The lowest BCUT2D eigenvalue weighted by molar-refractivity contribution is -0.398. The van der Waals surface area contributed by atoms with Crippen molar-refractivity contribution >= 4 is 17.1 Å². The van der Waals surface area contributed by atoms with Gasteiger partial charge in [0.2, 0.25) is 5.65 Å². The zero-order valence-electron chi connectivity index (χ0n) is 10.9. The van der Waals surface area contributed by atoms with Crippen LogP contribution in [0.25, 0.3) is 11.2 Å². The maximum atomic E-state index is 11.7.